The van der Waals surface area contributed by atoms with Crippen LogP contribution >= 0.6 is 0 Å². The molecular formula is C16H24FNO2. The van der Waals surface area contributed by atoms with Crippen molar-refractivity contribution in [2.24, 2.45) is 0 Å². The zero-order chi connectivity index (χ0) is 14.6. The summed E-state index contributed by atoms with van der Waals surface area (Å²) in [5, 5.41) is 13.2. The lowest BCUT2D eigenvalue weighted by molar-refractivity contribution is -0.0932. The van der Waals surface area contributed by atoms with Crippen molar-refractivity contribution in [2.45, 2.75) is 57.7 Å². The number of nitrogens with one attached hydrogen (secondary N) is 1. The fourth-order valence-corrected chi connectivity index (χ4v) is 2.89. The van der Waals surface area contributed by atoms with E-state index in [1.165, 1.54) is 18.2 Å². The van der Waals surface area contributed by atoms with Crippen LogP contribution in [0.1, 0.15) is 45.1 Å². The van der Waals surface area contributed by atoms with Crippen LogP contribution < -0.4 is 5.32 Å². The molecule has 4 heteroatoms. The molecule has 2 N–H and O–H groups in total. The van der Waals surface area contributed by atoms with Crippen LogP contribution in [0.4, 0.5) is 4.39 Å². The van der Waals surface area contributed by atoms with E-state index in [0.29, 0.717) is 18.2 Å². The van der Waals surface area contributed by atoms with Gasteiger partial charge in [0.25, 0.3) is 0 Å². The van der Waals surface area contributed by atoms with E-state index in [1.54, 1.807) is 0 Å². The second kappa shape index (κ2) is 6.55. The van der Waals surface area contributed by atoms with E-state index in [4.69, 9.17) is 4.74 Å². The molecule has 1 aliphatic rings. The number of rotatable bonds is 5. The molecule has 0 saturated carbocycles. The highest BCUT2D eigenvalue weighted by Gasteiger charge is 2.34. The number of aromatic hydroxyl groups is 1. The van der Waals surface area contributed by atoms with Crippen molar-refractivity contribution in [1.29, 1.82) is 0 Å². The Morgan fingerprint density at radius 3 is 2.85 bits per heavy atom. The number of phenols is 1. The summed E-state index contributed by atoms with van der Waals surface area (Å²) in [5.74, 6) is -0.175. The van der Waals surface area contributed by atoms with Gasteiger partial charge in [0.15, 0.2) is 0 Å². The molecule has 1 saturated heterocycles. The molecule has 20 heavy (non-hydrogen) atoms. The number of hydrogen-bond donors (Lipinski definition) is 2. The van der Waals surface area contributed by atoms with Gasteiger partial charge in [-0.2, -0.15) is 0 Å². The average molecular weight is 281 g/mol. The Hall–Kier alpha value is -1.13. The highest BCUT2D eigenvalue weighted by Crippen LogP contribution is 2.31. The Labute approximate surface area is 120 Å². The molecule has 1 unspecified atom stereocenters. The molecule has 1 heterocycles. The van der Waals surface area contributed by atoms with Gasteiger partial charge in [-0.3, -0.25) is 0 Å². The lowest BCUT2D eigenvalue weighted by Crippen LogP contribution is -2.46. The van der Waals surface area contributed by atoms with Crippen molar-refractivity contribution in [3.63, 3.8) is 0 Å². The Bertz CT molecular complexity index is 446. The van der Waals surface area contributed by atoms with Crippen molar-refractivity contribution in [2.75, 3.05) is 6.61 Å². The van der Waals surface area contributed by atoms with E-state index in [-0.39, 0.29) is 17.2 Å². The molecule has 0 radical (unpaired) electrons. The van der Waals surface area contributed by atoms with Gasteiger partial charge in [0, 0.05) is 24.8 Å². The second-order valence-corrected chi connectivity index (χ2v) is 5.58. The van der Waals surface area contributed by atoms with Crippen LogP contribution in [0.15, 0.2) is 18.2 Å². The summed E-state index contributed by atoms with van der Waals surface area (Å²) in [7, 11) is 0. The first-order valence-corrected chi connectivity index (χ1v) is 7.43. The number of benzene rings is 1. The summed E-state index contributed by atoms with van der Waals surface area (Å²) >= 11 is 0. The van der Waals surface area contributed by atoms with Gasteiger partial charge in [0.2, 0.25) is 0 Å². The summed E-state index contributed by atoms with van der Waals surface area (Å²) in [6.45, 7) is 5.56. The lowest BCUT2D eigenvalue weighted by Gasteiger charge is -2.40. The van der Waals surface area contributed by atoms with E-state index in [2.05, 4.69) is 19.2 Å². The van der Waals surface area contributed by atoms with Crippen LogP contribution in [0.2, 0.25) is 0 Å². The van der Waals surface area contributed by atoms with E-state index >= 15 is 0 Å². The highest BCUT2D eigenvalue weighted by molar-refractivity contribution is 5.32. The number of phenolic OH excluding ortho intramolecular Hbond substituents is 1. The summed E-state index contributed by atoms with van der Waals surface area (Å²) in [4.78, 5) is 0. The van der Waals surface area contributed by atoms with Crippen molar-refractivity contribution in [3.05, 3.63) is 29.6 Å². The molecule has 0 aliphatic carbocycles. The van der Waals surface area contributed by atoms with Crippen LogP contribution in [-0.2, 0) is 11.3 Å². The molecule has 0 amide bonds. The van der Waals surface area contributed by atoms with Crippen LogP contribution in [0.25, 0.3) is 0 Å². The molecule has 0 bridgehead atoms. The third-order valence-corrected chi connectivity index (χ3v) is 4.40. The molecule has 0 aromatic heterocycles. The minimum absolute atomic E-state index is 0.0279. The lowest BCUT2D eigenvalue weighted by atomic mass is 9.86. The fourth-order valence-electron chi connectivity index (χ4n) is 2.89. The third kappa shape index (κ3) is 3.49. The predicted molar refractivity (Wildman–Crippen MR) is 77.2 cm³/mol. The van der Waals surface area contributed by atoms with Gasteiger partial charge in [-0.25, -0.2) is 4.39 Å². The van der Waals surface area contributed by atoms with Crippen LogP contribution in [0.3, 0.4) is 0 Å². The van der Waals surface area contributed by atoms with Gasteiger partial charge < -0.3 is 15.2 Å². The zero-order valence-electron chi connectivity index (χ0n) is 12.3. The van der Waals surface area contributed by atoms with Gasteiger partial charge in [0.1, 0.15) is 11.6 Å². The first-order valence-electron chi connectivity index (χ1n) is 7.43. The van der Waals surface area contributed by atoms with E-state index < -0.39 is 0 Å². The standard InChI is InChI=1S/C16H24FNO2/c1-3-16(4-2)10-14(7-8-20-16)18-11-12-9-13(17)5-6-15(12)19/h5-6,9,14,18-19H,3-4,7-8,10-11H2,1-2H3. The average Bonchev–Trinajstić information content (AvgIpc) is 2.48. The van der Waals surface area contributed by atoms with Gasteiger partial charge in [0.05, 0.1) is 5.60 Å². The molecule has 1 aliphatic heterocycles. The van der Waals surface area contributed by atoms with Crippen molar-refractivity contribution in [3.8, 4) is 5.75 Å². The van der Waals surface area contributed by atoms with Crippen molar-refractivity contribution < 1.29 is 14.2 Å². The Kier molecular flexibility index (Phi) is 5.00. The monoisotopic (exact) mass is 281 g/mol. The number of halogens is 1. The molecule has 2 rings (SSSR count). The van der Waals surface area contributed by atoms with Crippen LogP contribution in [0.5, 0.6) is 5.75 Å². The molecule has 1 aromatic carbocycles. The van der Waals surface area contributed by atoms with Crippen molar-refractivity contribution >= 4 is 0 Å². The Morgan fingerprint density at radius 1 is 1.40 bits per heavy atom. The molecule has 0 spiro atoms. The highest BCUT2D eigenvalue weighted by atomic mass is 19.1. The molecule has 1 fully saturated rings. The molecule has 112 valence electrons. The second-order valence-electron chi connectivity index (χ2n) is 5.58. The Morgan fingerprint density at radius 2 is 2.15 bits per heavy atom. The van der Waals surface area contributed by atoms with Crippen molar-refractivity contribution in [1.82, 2.24) is 5.32 Å². The summed E-state index contributed by atoms with van der Waals surface area (Å²) < 4.78 is 19.1. The maximum absolute atomic E-state index is 13.2. The largest absolute Gasteiger partial charge is 0.508 e. The molecule has 3 nitrogen and oxygen atoms in total. The predicted octanol–water partition coefficient (Wildman–Crippen LogP) is 3.36. The molecule has 1 aromatic rings. The first-order chi connectivity index (χ1) is 9.58. The normalized spacial score (nSPS) is 21.9. The third-order valence-electron chi connectivity index (χ3n) is 4.40. The molecule has 1 atom stereocenters. The van der Waals surface area contributed by atoms with Crippen LogP contribution in [-0.4, -0.2) is 23.4 Å². The van der Waals surface area contributed by atoms with Gasteiger partial charge >= 0.3 is 0 Å². The van der Waals surface area contributed by atoms with E-state index in [9.17, 15) is 9.50 Å². The fraction of sp³-hybridized carbons (Fsp3) is 0.625. The van der Waals surface area contributed by atoms with Gasteiger partial charge in [-0.15, -0.1) is 0 Å². The summed E-state index contributed by atoms with van der Waals surface area (Å²) in [5.41, 5.74) is 0.579. The minimum atomic E-state index is -0.317. The van der Waals surface area contributed by atoms with E-state index in [0.717, 1.165) is 32.3 Å². The maximum atomic E-state index is 13.2. The quantitative estimate of drug-likeness (QED) is 0.869. The number of hydrogen-bond acceptors (Lipinski definition) is 3. The van der Waals surface area contributed by atoms with Crippen LogP contribution in [0, 0.1) is 5.82 Å². The Balaban J connectivity index is 1.95. The topological polar surface area (TPSA) is 41.5 Å². The SMILES string of the molecule is CCC1(CC)CC(NCc2cc(F)ccc2O)CCO1. The minimum Gasteiger partial charge on any atom is -0.508 e. The van der Waals surface area contributed by atoms with Gasteiger partial charge in [-0.1, -0.05) is 13.8 Å². The smallest absolute Gasteiger partial charge is 0.123 e. The zero-order valence-corrected chi connectivity index (χ0v) is 12.3. The maximum Gasteiger partial charge on any atom is 0.123 e. The summed E-state index contributed by atoms with van der Waals surface area (Å²) in [6, 6.07) is 4.41. The van der Waals surface area contributed by atoms with Gasteiger partial charge in [-0.05, 0) is 43.9 Å². The van der Waals surface area contributed by atoms with E-state index in [1.807, 2.05) is 0 Å². The summed E-state index contributed by atoms with van der Waals surface area (Å²) in [6.07, 6.45) is 3.94. The number of ether oxygens (including phenoxy) is 1. The molecular weight excluding hydrogens is 257 g/mol. The first kappa shape index (κ1) is 15.3.